The van der Waals surface area contributed by atoms with Crippen molar-refractivity contribution in [1.82, 2.24) is 14.9 Å². The van der Waals surface area contributed by atoms with Crippen LogP contribution in [0.15, 0.2) is 24.5 Å². The molecule has 0 aliphatic carbocycles. The van der Waals surface area contributed by atoms with Gasteiger partial charge in [-0.15, -0.1) is 0 Å². The molecular weight excluding hydrogens is 252 g/mol. The van der Waals surface area contributed by atoms with Crippen LogP contribution in [0, 0.1) is 4.77 Å². The van der Waals surface area contributed by atoms with Gasteiger partial charge >= 0.3 is 0 Å². The van der Waals surface area contributed by atoms with E-state index in [0.717, 1.165) is 5.56 Å². The molecule has 2 rings (SSSR count). The highest BCUT2D eigenvalue weighted by Gasteiger charge is 2.08. The Labute approximate surface area is 110 Å². The fraction of sp³-hybridized carbons (Fsp3) is 0.273. The molecule has 2 N–H and O–H groups in total. The third kappa shape index (κ3) is 2.45. The number of aromatic nitrogens is 3. The Kier molecular flexibility index (Phi) is 3.83. The van der Waals surface area contributed by atoms with Gasteiger partial charge in [0.15, 0.2) is 11.5 Å². The van der Waals surface area contributed by atoms with Gasteiger partial charge < -0.3 is 14.9 Å². The number of ether oxygens (including phenoxy) is 2. The molecule has 0 amide bonds. The summed E-state index contributed by atoms with van der Waals surface area (Å²) in [6.07, 6.45) is 1.58. The monoisotopic (exact) mass is 266 g/mol. The highest BCUT2D eigenvalue weighted by molar-refractivity contribution is 7.71. The van der Waals surface area contributed by atoms with E-state index in [-0.39, 0.29) is 0 Å². The van der Waals surface area contributed by atoms with Gasteiger partial charge in [-0.25, -0.2) is 4.68 Å². The lowest BCUT2D eigenvalue weighted by atomic mass is 10.2. The van der Waals surface area contributed by atoms with Crippen LogP contribution in [0.5, 0.6) is 11.5 Å². The number of para-hydroxylation sites is 1. The molecule has 0 atom stereocenters. The van der Waals surface area contributed by atoms with Crippen LogP contribution in [-0.2, 0) is 6.54 Å². The van der Waals surface area contributed by atoms with Gasteiger partial charge in [-0.05, 0) is 18.3 Å². The predicted octanol–water partition coefficient (Wildman–Crippen LogP) is 1.70. The Bertz CT molecular complexity index is 578. The molecule has 7 heteroatoms. The molecule has 1 aromatic carbocycles. The van der Waals surface area contributed by atoms with E-state index in [1.165, 1.54) is 0 Å². The van der Waals surface area contributed by atoms with Gasteiger partial charge in [-0.2, -0.15) is 5.10 Å². The summed E-state index contributed by atoms with van der Waals surface area (Å²) in [6.45, 7) is 0.550. The van der Waals surface area contributed by atoms with Gasteiger partial charge in [0.25, 0.3) is 0 Å². The second-order valence-corrected chi connectivity index (χ2v) is 3.91. The first-order chi connectivity index (χ1) is 8.76. The third-order valence-corrected chi connectivity index (χ3v) is 2.76. The van der Waals surface area contributed by atoms with E-state index in [1.54, 1.807) is 25.2 Å². The van der Waals surface area contributed by atoms with Gasteiger partial charge in [0.05, 0.1) is 20.8 Å². The Morgan fingerprint density at radius 3 is 2.83 bits per heavy atom. The van der Waals surface area contributed by atoms with Crippen molar-refractivity contribution >= 4 is 12.2 Å². The summed E-state index contributed by atoms with van der Waals surface area (Å²) in [6, 6.07) is 5.72. The largest absolute Gasteiger partial charge is 0.493 e. The van der Waals surface area contributed by atoms with Crippen molar-refractivity contribution in [2.24, 2.45) is 0 Å². The lowest BCUT2D eigenvalue weighted by molar-refractivity contribution is 0.352. The van der Waals surface area contributed by atoms with Gasteiger partial charge in [0, 0.05) is 5.56 Å². The smallest absolute Gasteiger partial charge is 0.214 e. The Balaban J connectivity index is 2.19. The number of benzene rings is 1. The Hall–Kier alpha value is -2.02. The van der Waals surface area contributed by atoms with Crippen molar-refractivity contribution in [1.29, 1.82) is 0 Å². The maximum absolute atomic E-state index is 5.34. The summed E-state index contributed by atoms with van der Waals surface area (Å²) in [7, 11) is 3.23. The molecule has 0 bridgehead atoms. The molecule has 6 nitrogen and oxygen atoms in total. The van der Waals surface area contributed by atoms with Gasteiger partial charge in [0.1, 0.15) is 6.33 Å². The number of rotatable bonds is 5. The van der Waals surface area contributed by atoms with Crippen LogP contribution >= 0.6 is 12.2 Å². The predicted molar refractivity (Wildman–Crippen MR) is 70.0 cm³/mol. The van der Waals surface area contributed by atoms with E-state index >= 15 is 0 Å². The molecule has 0 aliphatic heterocycles. The molecule has 0 saturated heterocycles. The number of aromatic amines is 1. The normalized spacial score (nSPS) is 10.1. The number of hydrogen-bond acceptors (Lipinski definition) is 5. The van der Waals surface area contributed by atoms with E-state index < -0.39 is 0 Å². The average molecular weight is 266 g/mol. The zero-order valence-corrected chi connectivity index (χ0v) is 11.0. The zero-order chi connectivity index (χ0) is 13.0. The van der Waals surface area contributed by atoms with Gasteiger partial charge in [0.2, 0.25) is 4.77 Å². The van der Waals surface area contributed by atoms with Crippen LogP contribution in [0.1, 0.15) is 5.56 Å². The topological polar surface area (TPSA) is 64.1 Å². The van der Waals surface area contributed by atoms with Crippen molar-refractivity contribution in [3.63, 3.8) is 0 Å². The van der Waals surface area contributed by atoms with Gasteiger partial charge in [-0.3, -0.25) is 5.10 Å². The van der Waals surface area contributed by atoms with E-state index in [0.29, 0.717) is 22.8 Å². The fourth-order valence-electron chi connectivity index (χ4n) is 1.62. The SMILES string of the molecule is COc1cccc(CNn2cn[nH]c2=S)c1OC. The van der Waals surface area contributed by atoms with Crippen LogP contribution in [0.4, 0.5) is 0 Å². The standard InChI is InChI=1S/C11H14N4O2S/c1-16-9-5-3-4-8(10(9)17-2)6-13-15-7-12-14-11(15)18/h3-5,7,13H,6H2,1-2H3,(H,14,18). The van der Waals surface area contributed by atoms with E-state index in [9.17, 15) is 0 Å². The summed E-state index contributed by atoms with van der Waals surface area (Å²) in [4.78, 5) is 0. The van der Waals surface area contributed by atoms with E-state index in [1.807, 2.05) is 18.2 Å². The second-order valence-electron chi connectivity index (χ2n) is 3.52. The average Bonchev–Trinajstić information content (AvgIpc) is 2.81. The number of nitrogens with one attached hydrogen (secondary N) is 2. The Morgan fingerprint density at radius 2 is 2.22 bits per heavy atom. The lowest BCUT2D eigenvalue weighted by Gasteiger charge is -2.13. The van der Waals surface area contributed by atoms with Crippen molar-refractivity contribution in [2.45, 2.75) is 6.54 Å². The minimum Gasteiger partial charge on any atom is -0.493 e. The van der Waals surface area contributed by atoms with Gasteiger partial charge in [-0.1, -0.05) is 12.1 Å². The number of hydrogen-bond donors (Lipinski definition) is 2. The van der Waals surface area contributed by atoms with Crippen LogP contribution in [0.3, 0.4) is 0 Å². The molecule has 2 aromatic rings. The molecule has 0 spiro atoms. The molecule has 0 unspecified atom stereocenters. The highest BCUT2D eigenvalue weighted by atomic mass is 32.1. The van der Waals surface area contributed by atoms with E-state index in [4.69, 9.17) is 21.7 Å². The van der Waals surface area contributed by atoms with Crippen molar-refractivity contribution in [3.05, 3.63) is 34.9 Å². The zero-order valence-electron chi connectivity index (χ0n) is 10.1. The highest BCUT2D eigenvalue weighted by Crippen LogP contribution is 2.30. The van der Waals surface area contributed by atoms with E-state index in [2.05, 4.69) is 15.6 Å². The summed E-state index contributed by atoms with van der Waals surface area (Å²) < 4.78 is 12.7. The van der Waals surface area contributed by atoms with Crippen LogP contribution < -0.4 is 14.9 Å². The van der Waals surface area contributed by atoms with Crippen molar-refractivity contribution < 1.29 is 9.47 Å². The molecule has 1 heterocycles. The molecular formula is C11H14N4O2S. The minimum absolute atomic E-state index is 0.511. The maximum Gasteiger partial charge on any atom is 0.214 e. The first kappa shape index (κ1) is 12.4. The molecule has 0 fully saturated rings. The fourth-order valence-corrected chi connectivity index (χ4v) is 1.79. The first-order valence-corrected chi connectivity index (χ1v) is 5.73. The quantitative estimate of drug-likeness (QED) is 0.806. The first-order valence-electron chi connectivity index (χ1n) is 5.32. The summed E-state index contributed by atoms with van der Waals surface area (Å²) in [5.74, 6) is 1.41. The summed E-state index contributed by atoms with van der Waals surface area (Å²) in [5.41, 5.74) is 4.09. The summed E-state index contributed by atoms with van der Waals surface area (Å²) >= 11 is 5.04. The number of methoxy groups -OCH3 is 2. The van der Waals surface area contributed by atoms with Crippen molar-refractivity contribution in [3.8, 4) is 11.5 Å². The van der Waals surface area contributed by atoms with Crippen LogP contribution in [0.25, 0.3) is 0 Å². The molecule has 0 radical (unpaired) electrons. The summed E-state index contributed by atoms with van der Waals surface area (Å²) in [5, 5.41) is 6.49. The Morgan fingerprint density at radius 1 is 1.39 bits per heavy atom. The maximum atomic E-state index is 5.34. The molecule has 0 saturated carbocycles. The lowest BCUT2D eigenvalue weighted by Crippen LogP contribution is -2.14. The number of H-pyrrole nitrogens is 1. The molecule has 96 valence electrons. The second kappa shape index (κ2) is 5.54. The molecule has 0 aliphatic rings. The third-order valence-electron chi connectivity index (χ3n) is 2.48. The molecule has 1 aromatic heterocycles. The number of nitrogens with zero attached hydrogens (tertiary/aromatic N) is 2. The minimum atomic E-state index is 0.511. The van der Waals surface area contributed by atoms with Crippen LogP contribution in [-0.4, -0.2) is 29.1 Å². The van der Waals surface area contributed by atoms with Crippen molar-refractivity contribution in [2.75, 3.05) is 19.6 Å². The van der Waals surface area contributed by atoms with Crippen LogP contribution in [0.2, 0.25) is 0 Å². The molecule has 18 heavy (non-hydrogen) atoms.